The van der Waals surface area contributed by atoms with Crippen LogP contribution < -0.4 is 10.9 Å². The maximum atomic E-state index is 13.0. The normalized spacial score (nSPS) is 10.6. The van der Waals surface area contributed by atoms with Crippen molar-refractivity contribution in [3.8, 4) is 11.1 Å². The van der Waals surface area contributed by atoms with E-state index in [1.807, 2.05) is 0 Å². The summed E-state index contributed by atoms with van der Waals surface area (Å²) in [6, 6.07) is 7.74. The number of nitrogens with one attached hydrogen (secondary N) is 2. The second kappa shape index (κ2) is 7.12. The van der Waals surface area contributed by atoms with Crippen molar-refractivity contribution in [2.75, 3.05) is 6.54 Å². The van der Waals surface area contributed by atoms with Gasteiger partial charge in [0.2, 0.25) is 0 Å². The van der Waals surface area contributed by atoms with Crippen LogP contribution >= 0.6 is 0 Å². The Labute approximate surface area is 143 Å². The van der Waals surface area contributed by atoms with Gasteiger partial charge < -0.3 is 10.3 Å². The van der Waals surface area contributed by atoms with Crippen LogP contribution in [0.1, 0.15) is 16.1 Å². The average molecular weight is 340 g/mol. The van der Waals surface area contributed by atoms with Gasteiger partial charge in [0.25, 0.3) is 11.5 Å². The topological polar surface area (TPSA) is 79.8 Å². The second-order valence-corrected chi connectivity index (χ2v) is 5.64. The van der Waals surface area contributed by atoms with Crippen LogP contribution in [0.5, 0.6) is 0 Å². The molecular formula is C18H17FN4O2. The maximum Gasteiger partial charge on any atom is 0.267 e. The van der Waals surface area contributed by atoms with Crippen molar-refractivity contribution >= 4 is 5.91 Å². The van der Waals surface area contributed by atoms with Crippen LogP contribution in [0.15, 0.2) is 53.8 Å². The number of nitrogens with zero attached hydrogens (tertiary/aromatic N) is 2. The summed E-state index contributed by atoms with van der Waals surface area (Å²) in [5.41, 5.74) is 2.44. The highest BCUT2D eigenvalue weighted by Crippen LogP contribution is 2.20. The molecule has 2 aromatic heterocycles. The van der Waals surface area contributed by atoms with E-state index in [0.717, 1.165) is 11.1 Å². The molecule has 25 heavy (non-hydrogen) atoms. The molecule has 0 radical (unpaired) electrons. The van der Waals surface area contributed by atoms with Crippen molar-refractivity contribution in [2.24, 2.45) is 0 Å². The number of aromatic amines is 1. The maximum absolute atomic E-state index is 13.0. The molecule has 0 saturated carbocycles. The molecule has 6 nitrogen and oxygen atoms in total. The molecule has 0 atom stereocenters. The van der Waals surface area contributed by atoms with Gasteiger partial charge in [-0.05, 0) is 36.2 Å². The highest BCUT2D eigenvalue weighted by Gasteiger charge is 2.09. The quantitative estimate of drug-likeness (QED) is 0.747. The number of aryl methyl sites for hydroxylation is 1. The minimum absolute atomic E-state index is 0.122. The van der Waals surface area contributed by atoms with E-state index in [0.29, 0.717) is 24.3 Å². The average Bonchev–Trinajstić information content (AvgIpc) is 3.09. The summed E-state index contributed by atoms with van der Waals surface area (Å²) in [4.78, 5) is 30.9. The van der Waals surface area contributed by atoms with Crippen molar-refractivity contribution in [3.63, 3.8) is 0 Å². The third-order valence-electron chi connectivity index (χ3n) is 3.82. The predicted molar refractivity (Wildman–Crippen MR) is 91.8 cm³/mol. The lowest BCUT2D eigenvalue weighted by atomic mass is 10.1. The Balaban J connectivity index is 1.61. The third-order valence-corrected chi connectivity index (χ3v) is 3.82. The molecule has 0 aliphatic carbocycles. The molecule has 0 unspecified atom stereocenters. The fourth-order valence-electron chi connectivity index (χ4n) is 2.44. The summed E-state index contributed by atoms with van der Waals surface area (Å²) in [5.74, 6) is -0.583. The summed E-state index contributed by atoms with van der Waals surface area (Å²) >= 11 is 0. The number of H-pyrrole nitrogens is 1. The monoisotopic (exact) mass is 340 g/mol. The molecule has 0 fully saturated rings. The first kappa shape index (κ1) is 16.6. The van der Waals surface area contributed by atoms with E-state index >= 15 is 0 Å². The van der Waals surface area contributed by atoms with Crippen LogP contribution in [0.25, 0.3) is 11.1 Å². The van der Waals surface area contributed by atoms with E-state index in [1.54, 1.807) is 31.3 Å². The number of hydrogen-bond donors (Lipinski definition) is 2. The molecule has 0 bridgehead atoms. The summed E-state index contributed by atoms with van der Waals surface area (Å²) in [6.07, 6.45) is 4.65. The Morgan fingerprint density at radius 2 is 2.04 bits per heavy atom. The first-order valence-corrected chi connectivity index (χ1v) is 7.78. The van der Waals surface area contributed by atoms with Crippen LogP contribution in [-0.2, 0) is 6.54 Å². The van der Waals surface area contributed by atoms with Crippen molar-refractivity contribution in [3.05, 3.63) is 76.5 Å². The van der Waals surface area contributed by atoms with Crippen molar-refractivity contribution in [1.29, 1.82) is 0 Å². The molecule has 3 rings (SSSR count). The predicted octanol–water partition coefficient (Wildman–Crippen LogP) is 2.12. The fourth-order valence-corrected chi connectivity index (χ4v) is 2.44. The van der Waals surface area contributed by atoms with E-state index < -0.39 is 0 Å². The van der Waals surface area contributed by atoms with Crippen molar-refractivity contribution in [1.82, 2.24) is 19.9 Å². The highest BCUT2D eigenvalue weighted by molar-refractivity contribution is 5.93. The van der Waals surface area contributed by atoms with Gasteiger partial charge in [0.15, 0.2) is 0 Å². The first-order chi connectivity index (χ1) is 12.0. The second-order valence-electron chi connectivity index (χ2n) is 5.64. The van der Waals surface area contributed by atoms with Gasteiger partial charge in [0.05, 0.1) is 6.33 Å². The number of amides is 1. The van der Waals surface area contributed by atoms with Gasteiger partial charge in [-0.15, -0.1) is 0 Å². The number of halogens is 1. The van der Waals surface area contributed by atoms with Crippen LogP contribution in [-0.4, -0.2) is 27.0 Å². The minimum Gasteiger partial charge on any atom is -0.357 e. The van der Waals surface area contributed by atoms with E-state index in [4.69, 9.17) is 0 Å². The number of benzene rings is 1. The smallest absolute Gasteiger partial charge is 0.267 e. The SMILES string of the molecule is Cc1cncn(CCNC(=O)c2cc(-c3ccc(F)cc3)c[nH]2)c1=O. The zero-order chi connectivity index (χ0) is 17.8. The standard InChI is InChI=1S/C18H17FN4O2/c1-12-9-20-11-23(18(12)25)7-6-21-17(24)16-8-14(10-22-16)13-2-4-15(19)5-3-13/h2-5,8-11,22H,6-7H2,1H3,(H,21,24). The van der Waals surface area contributed by atoms with E-state index in [-0.39, 0.29) is 17.3 Å². The van der Waals surface area contributed by atoms with E-state index in [9.17, 15) is 14.0 Å². The summed E-state index contributed by atoms with van der Waals surface area (Å²) in [6.45, 7) is 2.33. The number of carbonyl (C=O) groups excluding carboxylic acids is 1. The lowest BCUT2D eigenvalue weighted by Gasteiger charge is -2.06. The van der Waals surface area contributed by atoms with Crippen molar-refractivity contribution in [2.45, 2.75) is 13.5 Å². The van der Waals surface area contributed by atoms with Gasteiger partial charge in [0, 0.05) is 31.0 Å². The van der Waals surface area contributed by atoms with Crippen LogP contribution in [0.2, 0.25) is 0 Å². The zero-order valence-corrected chi connectivity index (χ0v) is 13.6. The zero-order valence-electron chi connectivity index (χ0n) is 13.6. The number of rotatable bonds is 5. The lowest BCUT2D eigenvalue weighted by Crippen LogP contribution is -2.31. The summed E-state index contributed by atoms with van der Waals surface area (Å²) in [5, 5.41) is 2.75. The molecule has 2 N–H and O–H groups in total. The first-order valence-electron chi connectivity index (χ1n) is 7.78. The number of hydrogen-bond acceptors (Lipinski definition) is 3. The molecule has 0 saturated heterocycles. The van der Waals surface area contributed by atoms with Gasteiger partial charge in [0.1, 0.15) is 11.5 Å². The Morgan fingerprint density at radius 3 is 2.80 bits per heavy atom. The molecule has 1 aromatic carbocycles. The third kappa shape index (κ3) is 3.82. The molecule has 3 aromatic rings. The molecule has 1 amide bonds. The molecule has 128 valence electrons. The Kier molecular flexibility index (Phi) is 4.74. The van der Waals surface area contributed by atoms with Gasteiger partial charge in [-0.25, -0.2) is 9.37 Å². The fraction of sp³-hybridized carbons (Fsp3) is 0.167. The Hall–Kier alpha value is -3.22. The molecule has 7 heteroatoms. The van der Waals surface area contributed by atoms with E-state index in [2.05, 4.69) is 15.3 Å². The Bertz CT molecular complexity index is 944. The lowest BCUT2D eigenvalue weighted by molar-refractivity contribution is 0.0948. The van der Waals surface area contributed by atoms with Crippen LogP contribution in [0.4, 0.5) is 4.39 Å². The van der Waals surface area contributed by atoms with E-state index in [1.165, 1.54) is 29.2 Å². The molecule has 0 aliphatic rings. The van der Waals surface area contributed by atoms with Crippen molar-refractivity contribution < 1.29 is 9.18 Å². The van der Waals surface area contributed by atoms with Gasteiger partial charge in [-0.3, -0.25) is 14.2 Å². The largest absolute Gasteiger partial charge is 0.357 e. The van der Waals surface area contributed by atoms with Gasteiger partial charge >= 0.3 is 0 Å². The molecule has 0 spiro atoms. The van der Waals surface area contributed by atoms with Crippen LogP contribution in [0.3, 0.4) is 0 Å². The summed E-state index contributed by atoms with van der Waals surface area (Å²) in [7, 11) is 0. The highest BCUT2D eigenvalue weighted by atomic mass is 19.1. The number of aromatic nitrogens is 3. The molecule has 0 aliphatic heterocycles. The molecular weight excluding hydrogens is 323 g/mol. The molecule has 2 heterocycles. The minimum atomic E-state index is -0.307. The summed E-state index contributed by atoms with van der Waals surface area (Å²) < 4.78 is 14.4. The van der Waals surface area contributed by atoms with Gasteiger partial charge in [-0.1, -0.05) is 12.1 Å². The Morgan fingerprint density at radius 1 is 1.28 bits per heavy atom. The van der Waals surface area contributed by atoms with Gasteiger partial charge in [-0.2, -0.15) is 0 Å². The number of carbonyl (C=O) groups is 1. The van der Waals surface area contributed by atoms with Crippen LogP contribution in [0, 0.1) is 12.7 Å².